The number of hydrogen-bond acceptors (Lipinski definition) is 8. The molecule has 3 N–H and O–H groups in total. The SMILES string of the molecule is COc1ccc(OCc2c(-c3cccc4c(CCCOc5cc(C)c(Cl)c(C)c5)c(C(=O)O)[nH]c34)c(C(=O)N(C)CCNC(=O)OC(C)(C)C)nn2C)cc1. The minimum atomic E-state index is -1.11. The van der Waals surface area contributed by atoms with E-state index in [1.165, 1.54) is 4.90 Å². The third kappa shape index (κ3) is 9.71. The van der Waals surface area contributed by atoms with Gasteiger partial charge in [-0.05, 0) is 101 Å². The second kappa shape index (κ2) is 17.2. The Morgan fingerprint density at radius 2 is 1.67 bits per heavy atom. The van der Waals surface area contributed by atoms with Crippen molar-refractivity contribution < 1.29 is 38.4 Å². The van der Waals surface area contributed by atoms with E-state index < -0.39 is 23.6 Å². The van der Waals surface area contributed by atoms with Crippen molar-refractivity contribution in [3.05, 3.63) is 93.4 Å². The Morgan fingerprint density at radius 1 is 1.00 bits per heavy atom. The molecule has 2 heterocycles. The summed E-state index contributed by atoms with van der Waals surface area (Å²) in [7, 11) is 4.93. The summed E-state index contributed by atoms with van der Waals surface area (Å²) >= 11 is 6.33. The molecule has 2 amide bonds. The summed E-state index contributed by atoms with van der Waals surface area (Å²) in [6, 6.07) is 16.4. The minimum absolute atomic E-state index is 0.0408. The zero-order chi connectivity index (χ0) is 40.0. The number of carbonyl (C=O) groups excluding carboxylic acids is 2. The van der Waals surface area contributed by atoms with Gasteiger partial charge < -0.3 is 39.3 Å². The normalized spacial score (nSPS) is 11.4. The molecule has 0 aliphatic rings. The number of carboxylic acid groups (broad SMARTS) is 1. The summed E-state index contributed by atoms with van der Waals surface area (Å²) in [6.07, 6.45) is 0.365. The highest BCUT2D eigenvalue weighted by molar-refractivity contribution is 6.32. The number of alkyl carbamates (subject to hydrolysis) is 1. The van der Waals surface area contributed by atoms with Gasteiger partial charge in [-0.25, -0.2) is 9.59 Å². The summed E-state index contributed by atoms with van der Waals surface area (Å²) in [6.45, 7) is 9.86. The van der Waals surface area contributed by atoms with E-state index in [1.807, 2.05) is 44.2 Å². The lowest BCUT2D eigenvalue weighted by molar-refractivity contribution is 0.0517. The third-order valence-electron chi connectivity index (χ3n) is 8.94. The lowest BCUT2D eigenvalue weighted by Gasteiger charge is -2.21. The predicted octanol–water partition coefficient (Wildman–Crippen LogP) is 7.73. The number of H-pyrrole nitrogens is 1. The Bertz CT molecular complexity index is 2160. The van der Waals surface area contributed by atoms with Gasteiger partial charge in [0.15, 0.2) is 5.69 Å². The molecule has 13 nitrogen and oxygen atoms in total. The molecule has 0 aliphatic heterocycles. The van der Waals surface area contributed by atoms with Crippen molar-refractivity contribution >= 4 is 40.5 Å². The number of aromatic amines is 1. The molecule has 5 rings (SSSR count). The van der Waals surface area contributed by atoms with Gasteiger partial charge >= 0.3 is 12.1 Å². The number of nitrogens with zero attached hydrogens (tertiary/aromatic N) is 3. The number of ether oxygens (including phenoxy) is 4. The lowest BCUT2D eigenvalue weighted by Crippen LogP contribution is -2.38. The molecule has 292 valence electrons. The first-order chi connectivity index (χ1) is 26.1. The molecule has 0 atom stereocenters. The molecule has 0 aliphatic carbocycles. The van der Waals surface area contributed by atoms with Crippen molar-refractivity contribution in [1.82, 2.24) is 25.0 Å². The summed E-state index contributed by atoms with van der Waals surface area (Å²) < 4.78 is 24.4. The third-order valence-corrected chi connectivity index (χ3v) is 9.54. The molecule has 0 saturated heterocycles. The van der Waals surface area contributed by atoms with Crippen LogP contribution in [0.1, 0.15) is 70.6 Å². The Balaban J connectivity index is 1.48. The molecular formula is C41H48ClN5O8. The number of fused-ring (bicyclic) bond motifs is 1. The summed E-state index contributed by atoms with van der Waals surface area (Å²) in [5.74, 6) is 0.439. The van der Waals surface area contributed by atoms with Crippen molar-refractivity contribution in [3.8, 4) is 28.4 Å². The average molecular weight is 774 g/mol. The minimum Gasteiger partial charge on any atom is -0.497 e. The first-order valence-electron chi connectivity index (χ1n) is 17.9. The largest absolute Gasteiger partial charge is 0.497 e. The maximum absolute atomic E-state index is 14.1. The van der Waals surface area contributed by atoms with Gasteiger partial charge in [-0.2, -0.15) is 5.10 Å². The van der Waals surface area contributed by atoms with Crippen molar-refractivity contribution in [1.29, 1.82) is 0 Å². The molecule has 0 bridgehead atoms. The van der Waals surface area contributed by atoms with Gasteiger partial charge in [0.1, 0.15) is 35.2 Å². The van der Waals surface area contributed by atoms with Crippen LogP contribution in [0.4, 0.5) is 4.79 Å². The first-order valence-corrected chi connectivity index (χ1v) is 18.3. The number of aromatic carboxylic acids is 1. The van der Waals surface area contributed by atoms with Gasteiger partial charge in [-0.15, -0.1) is 0 Å². The van der Waals surface area contributed by atoms with Crippen LogP contribution in [-0.4, -0.2) is 82.2 Å². The molecule has 55 heavy (non-hydrogen) atoms. The van der Waals surface area contributed by atoms with E-state index in [1.54, 1.807) is 70.9 Å². The number of carboxylic acids is 1. The highest BCUT2D eigenvalue weighted by Gasteiger charge is 2.29. The molecule has 14 heteroatoms. The maximum Gasteiger partial charge on any atom is 0.407 e. The van der Waals surface area contributed by atoms with Crippen LogP contribution in [0.3, 0.4) is 0 Å². The standard InChI is InChI=1S/C41H48ClN5O8/c1-24-21-28(22-25(2)34(24)42)53-20-10-13-30-29-11-9-12-31(35(29)44-36(30)39(49)50)33-32(23-54-27-16-14-26(52-8)15-17-27)47(7)45-37(33)38(48)46(6)19-18-43-40(51)55-41(3,4)5/h9,11-12,14-17,21-22,44H,10,13,18-20,23H2,1-8H3,(H,43,51)(H,49,50). The molecule has 0 spiro atoms. The Morgan fingerprint density at radius 3 is 2.31 bits per heavy atom. The summed E-state index contributed by atoms with van der Waals surface area (Å²) in [5, 5.41) is 19.1. The van der Waals surface area contributed by atoms with E-state index in [9.17, 15) is 19.5 Å². The second-order valence-electron chi connectivity index (χ2n) is 14.2. The summed E-state index contributed by atoms with van der Waals surface area (Å²) in [5.41, 5.74) is 4.18. The smallest absolute Gasteiger partial charge is 0.407 e. The molecule has 0 unspecified atom stereocenters. The van der Waals surface area contributed by atoms with Crippen molar-refractivity contribution in [2.45, 2.75) is 59.7 Å². The van der Waals surface area contributed by atoms with Crippen LogP contribution in [0, 0.1) is 13.8 Å². The molecule has 0 saturated carbocycles. The van der Waals surface area contributed by atoms with Crippen molar-refractivity contribution in [2.75, 3.05) is 33.9 Å². The van der Waals surface area contributed by atoms with Crippen LogP contribution < -0.4 is 19.5 Å². The van der Waals surface area contributed by atoms with Crippen LogP contribution in [0.25, 0.3) is 22.0 Å². The number of benzene rings is 3. The Labute approximate surface area is 325 Å². The van der Waals surface area contributed by atoms with Crippen molar-refractivity contribution in [3.63, 3.8) is 0 Å². The number of methoxy groups -OCH3 is 1. The maximum atomic E-state index is 14.1. The average Bonchev–Trinajstić information content (AvgIpc) is 3.67. The number of hydrogen-bond donors (Lipinski definition) is 3. The van der Waals surface area contributed by atoms with Crippen LogP contribution in [0.5, 0.6) is 17.2 Å². The monoisotopic (exact) mass is 773 g/mol. The molecular weight excluding hydrogens is 726 g/mol. The molecule has 3 aromatic carbocycles. The van der Waals surface area contributed by atoms with Gasteiger partial charge in [0.05, 0.1) is 24.9 Å². The van der Waals surface area contributed by atoms with Gasteiger partial charge in [-0.1, -0.05) is 29.8 Å². The van der Waals surface area contributed by atoms with E-state index >= 15 is 0 Å². The van der Waals surface area contributed by atoms with Crippen LogP contribution in [0.15, 0.2) is 54.6 Å². The van der Waals surface area contributed by atoms with E-state index in [0.717, 1.165) is 11.1 Å². The number of amides is 2. The topological polar surface area (TPSA) is 157 Å². The highest BCUT2D eigenvalue weighted by Crippen LogP contribution is 2.37. The number of nitrogens with one attached hydrogen (secondary N) is 2. The fourth-order valence-electron chi connectivity index (χ4n) is 6.26. The molecule has 0 fully saturated rings. The molecule has 2 aromatic heterocycles. The number of carbonyl (C=O) groups is 3. The van der Waals surface area contributed by atoms with Crippen molar-refractivity contribution in [2.24, 2.45) is 7.05 Å². The van der Waals surface area contributed by atoms with Gasteiger partial charge in [0, 0.05) is 48.7 Å². The fraction of sp³-hybridized carbons (Fsp3) is 0.366. The number of halogens is 1. The van der Waals surface area contributed by atoms with Crippen LogP contribution in [0.2, 0.25) is 5.02 Å². The van der Waals surface area contributed by atoms with E-state index in [4.69, 9.17) is 30.5 Å². The number of para-hydroxylation sites is 1. The first kappa shape index (κ1) is 40.5. The highest BCUT2D eigenvalue weighted by atomic mass is 35.5. The van der Waals surface area contributed by atoms with Crippen LogP contribution >= 0.6 is 11.6 Å². The number of aryl methyl sites for hydroxylation is 4. The van der Waals surface area contributed by atoms with Gasteiger partial charge in [0.25, 0.3) is 5.91 Å². The Hall–Kier alpha value is -5.69. The second-order valence-corrected chi connectivity index (χ2v) is 14.6. The number of rotatable bonds is 15. The summed E-state index contributed by atoms with van der Waals surface area (Å²) in [4.78, 5) is 43.7. The Kier molecular flexibility index (Phi) is 12.7. The van der Waals surface area contributed by atoms with E-state index in [-0.39, 0.29) is 31.1 Å². The van der Waals surface area contributed by atoms with Crippen LogP contribution in [-0.2, 0) is 24.8 Å². The quantitative estimate of drug-likeness (QED) is 0.0906. The van der Waals surface area contributed by atoms with Gasteiger partial charge in [0.2, 0.25) is 0 Å². The number of aromatic nitrogens is 3. The van der Waals surface area contributed by atoms with E-state index in [2.05, 4.69) is 15.4 Å². The number of likely N-dealkylation sites (N-methyl/N-ethyl adjacent to an activating group) is 1. The fourth-order valence-corrected chi connectivity index (χ4v) is 6.36. The van der Waals surface area contributed by atoms with E-state index in [0.29, 0.717) is 75.0 Å². The lowest BCUT2D eigenvalue weighted by atomic mass is 9.97. The molecule has 0 radical (unpaired) electrons. The zero-order valence-corrected chi connectivity index (χ0v) is 33.2. The molecule has 5 aromatic rings. The predicted molar refractivity (Wildman–Crippen MR) is 211 cm³/mol. The zero-order valence-electron chi connectivity index (χ0n) is 32.5. The van der Waals surface area contributed by atoms with Gasteiger partial charge in [-0.3, -0.25) is 9.48 Å².